The minimum atomic E-state index is -0.0775. The number of piperidine rings is 1. The van der Waals surface area contributed by atoms with E-state index < -0.39 is 0 Å². The first kappa shape index (κ1) is 11.9. The predicted octanol–water partition coefficient (Wildman–Crippen LogP) is 1.59. The summed E-state index contributed by atoms with van der Waals surface area (Å²) in [5.41, 5.74) is 0. The van der Waals surface area contributed by atoms with E-state index in [0.29, 0.717) is 32.4 Å². The second-order valence-corrected chi connectivity index (χ2v) is 4.08. The fraction of sp³-hybridized carbons (Fsp3) is 0.462. The third-order valence-electron chi connectivity index (χ3n) is 2.82. The van der Waals surface area contributed by atoms with Gasteiger partial charge in [0, 0.05) is 12.8 Å². The normalized spacial score (nSPS) is 20.5. The largest absolute Gasteiger partial charge is 0.492 e. The Kier molecular flexibility index (Phi) is 3.96. The number of imide groups is 1. The molecule has 4 nitrogen and oxygen atoms in total. The number of nitrogens with zero attached hydrogens (tertiary/aromatic N) is 1. The lowest BCUT2D eigenvalue weighted by molar-refractivity contribution is -0.148. The molecule has 2 aliphatic rings. The van der Waals surface area contributed by atoms with Crippen LogP contribution in [0.2, 0.25) is 0 Å². The van der Waals surface area contributed by atoms with Crippen LogP contribution in [0.3, 0.4) is 0 Å². The summed E-state index contributed by atoms with van der Waals surface area (Å²) in [6.45, 7) is 0.722. The van der Waals surface area contributed by atoms with Gasteiger partial charge in [-0.1, -0.05) is 6.08 Å². The van der Waals surface area contributed by atoms with Gasteiger partial charge in [0.25, 0.3) is 0 Å². The molecule has 0 atom stereocenters. The molecule has 0 aromatic heterocycles. The standard InChI is InChI=1S/C13H16NO3/c15-12-7-4-8-13(16)14(12)9-10-17-11-5-2-1-3-6-11/h1-2,5-6H,3-4,7-10H2. The van der Waals surface area contributed by atoms with E-state index in [2.05, 4.69) is 0 Å². The minimum absolute atomic E-state index is 0.0775. The number of carbonyl (C=O) groups excluding carboxylic acids is 2. The van der Waals surface area contributed by atoms with Gasteiger partial charge in [0.2, 0.25) is 11.8 Å². The molecule has 1 fully saturated rings. The summed E-state index contributed by atoms with van der Waals surface area (Å²) in [4.78, 5) is 24.3. The van der Waals surface area contributed by atoms with Gasteiger partial charge in [-0.2, -0.15) is 0 Å². The van der Waals surface area contributed by atoms with Gasteiger partial charge < -0.3 is 4.74 Å². The van der Waals surface area contributed by atoms with E-state index in [9.17, 15) is 9.59 Å². The van der Waals surface area contributed by atoms with Crippen LogP contribution in [0.25, 0.3) is 0 Å². The molecule has 2 amide bonds. The van der Waals surface area contributed by atoms with Gasteiger partial charge in [-0.25, -0.2) is 0 Å². The number of hydrogen-bond acceptors (Lipinski definition) is 3. The van der Waals surface area contributed by atoms with Crippen LogP contribution in [-0.4, -0.2) is 29.9 Å². The Morgan fingerprint density at radius 1 is 1.24 bits per heavy atom. The lowest BCUT2D eigenvalue weighted by atomic mass is 10.1. The number of allylic oxidation sites excluding steroid dienone is 3. The summed E-state index contributed by atoms with van der Waals surface area (Å²) in [7, 11) is 0. The maximum atomic E-state index is 11.5. The van der Waals surface area contributed by atoms with Gasteiger partial charge in [-0.3, -0.25) is 14.5 Å². The van der Waals surface area contributed by atoms with Crippen LogP contribution < -0.4 is 0 Å². The average molecular weight is 234 g/mol. The number of rotatable bonds is 4. The summed E-state index contributed by atoms with van der Waals surface area (Å²) in [6.07, 6.45) is 10.3. The average Bonchev–Trinajstić information content (AvgIpc) is 2.34. The van der Waals surface area contributed by atoms with Crippen LogP contribution in [0.15, 0.2) is 24.0 Å². The van der Waals surface area contributed by atoms with Crippen molar-refractivity contribution in [3.05, 3.63) is 30.4 Å². The van der Waals surface area contributed by atoms with Crippen LogP contribution in [0.4, 0.5) is 0 Å². The van der Waals surface area contributed by atoms with E-state index in [0.717, 1.165) is 12.2 Å². The highest BCUT2D eigenvalue weighted by Gasteiger charge is 2.25. The summed E-state index contributed by atoms with van der Waals surface area (Å²) < 4.78 is 5.49. The van der Waals surface area contributed by atoms with Crippen molar-refractivity contribution in [1.29, 1.82) is 0 Å². The van der Waals surface area contributed by atoms with Crippen LogP contribution in [0.1, 0.15) is 25.7 Å². The molecular weight excluding hydrogens is 218 g/mol. The molecular formula is C13H16NO3. The lowest BCUT2D eigenvalue weighted by Crippen LogP contribution is -2.41. The molecule has 91 valence electrons. The molecule has 0 aromatic rings. The third kappa shape index (κ3) is 3.19. The molecule has 1 aliphatic carbocycles. The summed E-state index contributed by atoms with van der Waals surface area (Å²) in [5, 5.41) is 0. The lowest BCUT2D eigenvalue weighted by Gasteiger charge is -2.24. The summed E-state index contributed by atoms with van der Waals surface area (Å²) in [5.74, 6) is 0.655. The molecule has 17 heavy (non-hydrogen) atoms. The Morgan fingerprint density at radius 3 is 2.65 bits per heavy atom. The molecule has 1 aliphatic heterocycles. The van der Waals surface area contributed by atoms with Crippen molar-refractivity contribution in [1.82, 2.24) is 4.90 Å². The number of likely N-dealkylation sites (tertiary alicyclic amines) is 1. The highest BCUT2D eigenvalue weighted by Crippen LogP contribution is 2.13. The zero-order valence-electron chi connectivity index (χ0n) is 9.72. The molecule has 0 saturated carbocycles. The zero-order chi connectivity index (χ0) is 12.1. The Morgan fingerprint density at radius 2 is 2.00 bits per heavy atom. The van der Waals surface area contributed by atoms with Gasteiger partial charge >= 0.3 is 0 Å². The summed E-state index contributed by atoms with van der Waals surface area (Å²) in [6, 6.07) is 0. The monoisotopic (exact) mass is 234 g/mol. The van der Waals surface area contributed by atoms with Gasteiger partial charge in [-0.15, -0.1) is 0 Å². The van der Waals surface area contributed by atoms with E-state index in [1.807, 2.05) is 24.6 Å². The molecule has 0 spiro atoms. The SMILES string of the molecule is O=C1CCCC(=O)N1CCOC1=CC[CH]C=C1. The number of hydrogen-bond donors (Lipinski definition) is 0. The molecule has 0 bridgehead atoms. The second-order valence-electron chi connectivity index (χ2n) is 4.08. The quantitative estimate of drug-likeness (QED) is 0.694. The van der Waals surface area contributed by atoms with E-state index in [1.54, 1.807) is 0 Å². The molecule has 1 heterocycles. The topological polar surface area (TPSA) is 46.6 Å². The van der Waals surface area contributed by atoms with Crippen molar-refractivity contribution in [3.63, 3.8) is 0 Å². The molecule has 0 unspecified atom stereocenters. The number of carbonyl (C=O) groups is 2. The predicted molar refractivity (Wildman–Crippen MR) is 62.7 cm³/mol. The van der Waals surface area contributed by atoms with Crippen LogP contribution in [0.5, 0.6) is 0 Å². The number of amides is 2. The van der Waals surface area contributed by atoms with E-state index in [4.69, 9.17) is 4.74 Å². The smallest absolute Gasteiger partial charge is 0.229 e. The Hall–Kier alpha value is -1.58. The first-order valence-electron chi connectivity index (χ1n) is 5.93. The highest BCUT2D eigenvalue weighted by molar-refractivity contribution is 5.97. The molecule has 0 N–H and O–H groups in total. The Balaban J connectivity index is 1.77. The van der Waals surface area contributed by atoms with Crippen molar-refractivity contribution in [2.75, 3.05) is 13.2 Å². The van der Waals surface area contributed by atoms with Crippen LogP contribution in [0, 0.1) is 6.42 Å². The Bertz CT molecular complexity index is 355. The number of ether oxygens (including phenoxy) is 1. The molecule has 1 radical (unpaired) electrons. The van der Waals surface area contributed by atoms with Crippen molar-refractivity contribution in [2.45, 2.75) is 25.7 Å². The van der Waals surface area contributed by atoms with Crippen LogP contribution >= 0.6 is 0 Å². The van der Waals surface area contributed by atoms with E-state index >= 15 is 0 Å². The van der Waals surface area contributed by atoms with Gasteiger partial charge in [0.15, 0.2) is 0 Å². The van der Waals surface area contributed by atoms with Gasteiger partial charge in [-0.05, 0) is 31.4 Å². The van der Waals surface area contributed by atoms with E-state index in [1.165, 1.54) is 4.90 Å². The van der Waals surface area contributed by atoms with E-state index in [-0.39, 0.29) is 11.8 Å². The molecule has 4 heteroatoms. The van der Waals surface area contributed by atoms with Crippen molar-refractivity contribution in [2.24, 2.45) is 0 Å². The minimum Gasteiger partial charge on any atom is -0.492 e. The molecule has 2 rings (SSSR count). The molecule has 1 saturated heterocycles. The maximum Gasteiger partial charge on any atom is 0.229 e. The second kappa shape index (κ2) is 5.66. The first-order valence-corrected chi connectivity index (χ1v) is 5.93. The molecule has 0 aromatic carbocycles. The fourth-order valence-corrected chi connectivity index (χ4v) is 1.90. The van der Waals surface area contributed by atoms with Gasteiger partial charge in [0.1, 0.15) is 12.4 Å². The van der Waals surface area contributed by atoms with Crippen molar-refractivity contribution >= 4 is 11.8 Å². The third-order valence-corrected chi connectivity index (χ3v) is 2.82. The summed E-state index contributed by atoms with van der Waals surface area (Å²) >= 11 is 0. The zero-order valence-corrected chi connectivity index (χ0v) is 9.72. The maximum absolute atomic E-state index is 11.5. The fourth-order valence-electron chi connectivity index (χ4n) is 1.90. The van der Waals surface area contributed by atoms with Gasteiger partial charge in [0.05, 0.1) is 6.54 Å². The van der Waals surface area contributed by atoms with Crippen LogP contribution in [-0.2, 0) is 14.3 Å². The van der Waals surface area contributed by atoms with Crippen molar-refractivity contribution in [3.8, 4) is 0 Å². The van der Waals surface area contributed by atoms with Crippen molar-refractivity contribution < 1.29 is 14.3 Å². The highest BCUT2D eigenvalue weighted by atomic mass is 16.5. The first-order chi connectivity index (χ1) is 8.27. The Labute approximate surface area is 101 Å².